The number of benzene rings is 2. The van der Waals surface area contributed by atoms with Crippen molar-refractivity contribution in [2.75, 3.05) is 0 Å². The highest BCUT2D eigenvalue weighted by Crippen LogP contribution is 2.37. The molecule has 6 nitrogen and oxygen atoms in total. The lowest BCUT2D eigenvalue weighted by molar-refractivity contribution is -0.137. The van der Waals surface area contributed by atoms with Crippen LogP contribution < -0.4 is 5.56 Å². The van der Waals surface area contributed by atoms with E-state index in [2.05, 4.69) is 10.2 Å². The summed E-state index contributed by atoms with van der Waals surface area (Å²) in [5, 5.41) is 27.5. The number of halogens is 3. The molecule has 0 radical (unpaired) electrons. The lowest BCUT2D eigenvalue weighted by Gasteiger charge is -2.19. The Balaban J connectivity index is 2.20. The summed E-state index contributed by atoms with van der Waals surface area (Å²) in [5.74, 6) is -0.545. The Labute approximate surface area is 175 Å². The molecular weight excluding hydrogens is 409 g/mol. The highest BCUT2D eigenvalue weighted by atomic mass is 19.4. The summed E-state index contributed by atoms with van der Waals surface area (Å²) in [6.45, 7) is 3.02. The van der Waals surface area contributed by atoms with E-state index >= 15 is 0 Å². The summed E-state index contributed by atoms with van der Waals surface area (Å²) < 4.78 is 40.6. The number of nitrogens with zero attached hydrogens (tertiary/aromatic N) is 4. The van der Waals surface area contributed by atoms with Gasteiger partial charge in [-0.25, -0.2) is 0 Å². The average Bonchev–Trinajstić information content (AvgIpc) is 2.74. The van der Waals surface area contributed by atoms with E-state index in [9.17, 15) is 28.3 Å². The average molecular weight is 426 g/mol. The second-order valence-electron chi connectivity index (χ2n) is 6.76. The van der Waals surface area contributed by atoms with E-state index in [1.54, 1.807) is 37.3 Å². The highest BCUT2D eigenvalue weighted by molar-refractivity contribution is 5.57. The van der Waals surface area contributed by atoms with Gasteiger partial charge < -0.3 is 5.11 Å². The number of hydrogen-bond donors (Lipinski definition) is 1. The second kappa shape index (κ2) is 8.44. The molecule has 0 aliphatic heterocycles. The maximum Gasteiger partial charge on any atom is 0.418 e. The Kier molecular flexibility index (Phi) is 5.92. The largest absolute Gasteiger partial charge is 0.493 e. The first-order chi connectivity index (χ1) is 14.7. The monoisotopic (exact) mass is 426 g/mol. The topological polar surface area (TPSA) is 90.7 Å². The van der Waals surface area contributed by atoms with Crippen molar-refractivity contribution >= 4 is 11.4 Å². The van der Waals surface area contributed by atoms with Crippen molar-refractivity contribution in [3.05, 3.63) is 87.2 Å². The second-order valence-corrected chi connectivity index (χ2v) is 6.76. The molecule has 3 aromatic rings. The minimum Gasteiger partial charge on any atom is -0.493 e. The molecule has 1 atom stereocenters. The van der Waals surface area contributed by atoms with E-state index in [0.29, 0.717) is 5.56 Å². The molecule has 0 amide bonds. The van der Waals surface area contributed by atoms with E-state index in [1.807, 2.05) is 6.07 Å². The Morgan fingerprint density at radius 3 is 2.29 bits per heavy atom. The number of azo groups is 1. The highest BCUT2D eigenvalue weighted by Gasteiger charge is 2.33. The van der Waals surface area contributed by atoms with Crippen LogP contribution in [0.2, 0.25) is 0 Å². The maximum absolute atomic E-state index is 13.2. The molecule has 158 valence electrons. The summed E-state index contributed by atoms with van der Waals surface area (Å²) in [4.78, 5) is 13.1. The molecule has 1 heterocycles. The zero-order chi connectivity index (χ0) is 22.8. The fourth-order valence-corrected chi connectivity index (χ4v) is 3.17. The molecule has 3 rings (SSSR count). The fraction of sp³-hybridized carbons (Fsp3) is 0.182. The van der Waals surface area contributed by atoms with Gasteiger partial charge in [0.25, 0.3) is 5.56 Å². The number of nitriles is 1. The summed E-state index contributed by atoms with van der Waals surface area (Å²) in [6.07, 6.45) is -4.65. The molecule has 9 heteroatoms. The van der Waals surface area contributed by atoms with Crippen LogP contribution >= 0.6 is 0 Å². The third-order valence-corrected chi connectivity index (χ3v) is 4.85. The fourth-order valence-electron chi connectivity index (χ4n) is 3.17. The number of rotatable bonds is 4. The molecule has 0 bridgehead atoms. The first-order valence-electron chi connectivity index (χ1n) is 9.17. The van der Waals surface area contributed by atoms with Crippen molar-refractivity contribution in [2.24, 2.45) is 10.2 Å². The number of aromatic nitrogens is 1. The molecule has 0 spiro atoms. The van der Waals surface area contributed by atoms with Crippen LogP contribution in [0.4, 0.5) is 24.5 Å². The van der Waals surface area contributed by atoms with Gasteiger partial charge in [0.15, 0.2) is 5.69 Å². The molecule has 0 fully saturated rings. The van der Waals surface area contributed by atoms with Crippen molar-refractivity contribution in [3.8, 4) is 11.9 Å². The lowest BCUT2D eigenvalue weighted by Crippen LogP contribution is -2.25. The van der Waals surface area contributed by atoms with Crippen LogP contribution in [0.25, 0.3) is 0 Å². The van der Waals surface area contributed by atoms with Crippen LogP contribution in [-0.2, 0) is 6.18 Å². The number of aromatic hydroxyl groups is 1. The number of hydrogen-bond acceptors (Lipinski definition) is 5. The zero-order valence-electron chi connectivity index (χ0n) is 16.6. The van der Waals surface area contributed by atoms with Gasteiger partial charge in [-0.2, -0.15) is 18.4 Å². The van der Waals surface area contributed by atoms with Crippen LogP contribution in [0.15, 0.2) is 69.6 Å². The predicted octanol–water partition coefficient (Wildman–Crippen LogP) is 5.78. The SMILES string of the molecule is Cc1c(C#N)c(O)n(C(C)c2ccccc2)c(=O)c1N=Nc1ccccc1C(F)(F)F. The first-order valence-corrected chi connectivity index (χ1v) is 9.17. The summed E-state index contributed by atoms with van der Waals surface area (Å²) in [7, 11) is 0. The van der Waals surface area contributed by atoms with E-state index in [0.717, 1.165) is 16.7 Å². The van der Waals surface area contributed by atoms with Crippen LogP contribution in [-0.4, -0.2) is 9.67 Å². The van der Waals surface area contributed by atoms with Crippen molar-refractivity contribution in [1.82, 2.24) is 4.57 Å². The molecule has 0 aliphatic rings. The van der Waals surface area contributed by atoms with Crippen molar-refractivity contribution in [3.63, 3.8) is 0 Å². The Bertz CT molecular complexity index is 1240. The third kappa shape index (κ3) is 4.19. The summed E-state index contributed by atoms with van der Waals surface area (Å²) in [6, 6.07) is 14.5. The third-order valence-electron chi connectivity index (χ3n) is 4.85. The van der Waals surface area contributed by atoms with Gasteiger partial charge in [-0.05, 0) is 31.5 Å². The smallest absolute Gasteiger partial charge is 0.418 e. The summed E-state index contributed by atoms with van der Waals surface area (Å²) >= 11 is 0. The molecule has 2 aromatic carbocycles. The van der Waals surface area contributed by atoms with Gasteiger partial charge >= 0.3 is 6.18 Å². The van der Waals surface area contributed by atoms with Gasteiger partial charge in [-0.1, -0.05) is 42.5 Å². The Morgan fingerprint density at radius 2 is 1.68 bits per heavy atom. The van der Waals surface area contributed by atoms with Crippen LogP contribution in [0.3, 0.4) is 0 Å². The van der Waals surface area contributed by atoms with E-state index in [1.165, 1.54) is 19.1 Å². The molecule has 0 saturated carbocycles. The van der Waals surface area contributed by atoms with Gasteiger partial charge in [0.2, 0.25) is 5.88 Å². The van der Waals surface area contributed by atoms with Crippen LogP contribution in [0, 0.1) is 18.3 Å². The zero-order valence-corrected chi connectivity index (χ0v) is 16.6. The van der Waals surface area contributed by atoms with E-state index in [4.69, 9.17) is 0 Å². The van der Waals surface area contributed by atoms with E-state index in [-0.39, 0.29) is 16.8 Å². The molecule has 0 saturated heterocycles. The standard InChI is InChI=1S/C22H17F3N4O2/c1-13-16(12-26)20(30)29(14(2)15-8-4-3-5-9-15)21(31)19(13)28-27-18-11-7-6-10-17(18)22(23,24)25/h3-11,14,30H,1-2H3. The Hall–Kier alpha value is -3.93. The van der Waals surface area contributed by atoms with Crippen LogP contribution in [0.1, 0.15) is 35.2 Å². The van der Waals surface area contributed by atoms with Gasteiger partial charge in [0.05, 0.1) is 17.3 Å². The van der Waals surface area contributed by atoms with Crippen molar-refractivity contribution in [2.45, 2.75) is 26.1 Å². The quantitative estimate of drug-likeness (QED) is 0.536. The van der Waals surface area contributed by atoms with Gasteiger partial charge in [-0.3, -0.25) is 9.36 Å². The van der Waals surface area contributed by atoms with Gasteiger partial charge in [0, 0.05) is 5.56 Å². The summed E-state index contributed by atoms with van der Waals surface area (Å²) in [5.41, 5.74) is -2.09. The molecule has 1 N–H and O–H groups in total. The molecule has 1 aromatic heterocycles. The maximum atomic E-state index is 13.2. The van der Waals surface area contributed by atoms with Crippen molar-refractivity contribution < 1.29 is 18.3 Å². The van der Waals surface area contributed by atoms with Crippen molar-refractivity contribution in [1.29, 1.82) is 5.26 Å². The van der Waals surface area contributed by atoms with E-state index < -0.39 is 34.9 Å². The van der Waals surface area contributed by atoms with Crippen LogP contribution in [0.5, 0.6) is 5.88 Å². The number of alkyl halides is 3. The van der Waals surface area contributed by atoms with Gasteiger partial charge in [-0.15, -0.1) is 10.2 Å². The number of pyridine rings is 1. The molecular formula is C22H17F3N4O2. The molecule has 0 aliphatic carbocycles. The lowest BCUT2D eigenvalue weighted by atomic mass is 10.1. The molecule has 31 heavy (non-hydrogen) atoms. The Morgan fingerprint density at radius 1 is 1.06 bits per heavy atom. The minimum absolute atomic E-state index is 0.0229. The normalized spacial score (nSPS) is 12.6. The minimum atomic E-state index is -4.65. The predicted molar refractivity (Wildman–Crippen MR) is 108 cm³/mol. The van der Waals surface area contributed by atoms with Gasteiger partial charge in [0.1, 0.15) is 11.6 Å². The first kappa shape index (κ1) is 21.8. The molecule has 1 unspecified atom stereocenters.